The van der Waals surface area contributed by atoms with Gasteiger partial charge in [0.25, 0.3) is 0 Å². The molecular weight excluding hydrogens is 270 g/mol. The summed E-state index contributed by atoms with van der Waals surface area (Å²) in [5, 5.41) is 3.32. The minimum Gasteiger partial charge on any atom is -0.320 e. The molecule has 0 bridgehead atoms. The van der Waals surface area contributed by atoms with Gasteiger partial charge in [-0.3, -0.25) is 10.1 Å². The molecular formula is C15H25N3OS. The molecule has 1 aliphatic heterocycles. The largest absolute Gasteiger partial charge is 0.320 e. The lowest BCUT2D eigenvalue weighted by Crippen LogP contribution is -2.39. The zero-order valence-corrected chi connectivity index (χ0v) is 13.7. The van der Waals surface area contributed by atoms with Gasteiger partial charge in [0.1, 0.15) is 6.17 Å². The fourth-order valence-electron chi connectivity index (χ4n) is 2.45. The highest BCUT2D eigenvalue weighted by Crippen LogP contribution is 2.28. The molecule has 2 rings (SSSR count). The molecule has 1 amide bonds. The van der Waals surface area contributed by atoms with Gasteiger partial charge in [-0.05, 0) is 39.4 Å². The molecule has 1 N–H and O–H groups in total. The van der Waals surface area contributed by atoms with E-state index in [9.17, 15) is 4.79 Å². The van der Waals surface area contributed by atoms with Crippen molar-refractivity contribution in [2.75, 3.05) is 26.7 Å². The van der Waals surface area contributed by atoms with Crippen molar-refractivity contribution in [1.82, 2.24) is 15.1 Å². The Hall–Kier alpha value is -0.910. The molecule has 1 aliphatic rings. The van der Waals surface area contributed by atoms with Crippen LogP contribution >= 0.6 is 11.3 Å². The summed E-state index contributed by atoms with van der Waals surface area (Å²) in [4.78, 5) is 18.9. The lowest BCUT2D eigenvalue weighted by Gasteiger charge is -2.29. The van der Waals surface area contributed by atoms with Gasteiger partial charge in [-0.2, -0.15) is 0 Å². The van der Waals surface area contributed by atoms with Gasteiger partial charge in [0.05, 0.1) is 6.54 Å². The summed E-state index contributed by atoms with van der Waals surface area (Å²) in [6.45, 7) is 8.68. The molecule has 0 aromatic carbocycles. The number of thiophene rings is 1. The molecule has 2 unspecified atom stereocenters. The third-order valence-electron chi connectivity index (χ3n) is 4.15. The van der Waals surface area contributed by atoms with E-state index < -0.39 is 0 Å². The van der Waals surface area contributed by atoms with Crippen molar-refractivity contribution < 1.29 is 4.79 Å². The highest BCUT2D eigenvalue weighted by molar-refractivity contribution is 7.12. The van der Waals surface area contributed by atoms with Gasteiger partial charge in [-0.25, -0.2) is 0 Å². The van der Waals surface area contributed by atoms with E-state index in [2.05, 4.69) is 50.2 Å². The number of aryl methyl sites for hydroxylation is 1. The summed E-state index contributed by atoms with van der Waals surface area (Å²) in [7, 11) is 2.13. The highest BCUT2D eigenvalue weighted by Gasteiger charge is 2.32. The Labute approximate surface area is 125 Å². The smallest absolute Gasteiger partial charge is 0.238 e. The fourth-order valence-corrected chi connectivity index (χ4v) is 3.41. The summed E-state index contributed by atoms with van der Waals surface area (Å²) < 4.78 is 0. The molecule has 0 saturated carbocycles. The number of nitrogens with zero attached hydrogens (tertiary/aromatic N) is 2. The molecule has 1 aromatic rings. The maximum Gasteiger partial charge on any atom is 0.238 e. The molecule has 20 heavy (non-hydrogen) atoms. The molecule has 2 atom stereocenters. The topological polar surface area (TPSA) is 35.6 Å². The Morgan fingerprint density at radius 1 is 1.55 bits per heavy atom. The van der Waals surface area contributed by atoms with E-state index in [0.717, 1.165) is 19.5 Å². The predicted octanol–water partition coefficient (Wildman–Crippen LogP) is 2.22. The second-order valence-corrected chi connectivity index (χ2v) is 6.88. The number of likely N-dealkylation sites (N-methyl/N-ethyl adjacent to an activating group) is 1. The quantitative estimate of drug-likeness (QED) is 0.874. The van der Waals surface area contributed by atoms with Crippen molar-refractivity contribution in [2.45, 2.75) is 39.4 Å². The minimum absolute atomic E-state index is 0.0616. The zero-order valence-electron chi connectivity index (χ0n) is 12.8. The van der Waals surface area contributed by atoms with Crippen LogP contribution in [0.2, 0.25) is 0 Å². The average Bonchev–Trinajstić information content (AvgIpc) is 3.01. The molecule has 0 aliphatic carbocycles. The Morgan fingerprint density at radius 2 is 2.30 bits per heavy atom. The first-order chi connectivity index (χ1) is 9.52. The lowest BCUT2D eigenvalue weighted by atomic mass is 10.2. The summed E-state index contributed by atoms with van der Waals surface area (Å²) in [5.74, 6) is 0.207. The number of hydrogen-bond acceptors (Lipinski definition) is 4. The second kappa shape index (κ2) is 6.70. The van der Waals surface area contributed by atoms with Crippen LogP contribution < -0.4 is 5.32 Å². The van der Waals surface area contributed by atoms with Crippen LogP contribution in [0.15, 0.2) is 12.1 Å². The fraction of sp³-hybridized carbons (Fsp3) is 0.667. The number of nitrogens with one attached hydrogen (secondary N) is 1. The van der Waals surface area contributed by atoms with Crippen LogP contribution in [0, 0.1) is 6.92 Å². The predicted molar refractivity (Wildman–Crippen MR) is 83.9 cm³/mol. The third-order valence-corrected chi connectivity index (χ3v) is 5.20. The van der Waals surface area contributed by atoms with E-state index in [4.69, 9.17) is 0 Å². The van der Waals surface area contributed by atoms with Gasteiger partial charge in [0, 0.05) is 28.9 Å². The number of rotatable bonds is 6. The van der Waals surface area contributed by atoms with Gasteiger partial charge in [0.15, 0.2) is 0 Å². The Kier molecular flexibility index (Phi) is 5.18. The molecule has 0 spiro atoms. The summed E-state index contributed by atoms with van der Waals surface area (Å²) in [5.41, 5.74) is 0. The normalized spacial score (nSPS) is 20.9. The van der Waals surface area contributed by atoms with Crippen molar-refractivity contribution in [2.24, 2.45) is 0 Å². The zero-order chi connectivity index (χ0) is 14.7. The Morgan fingerprint density at radius 3 is 2.90 bits per heavy atom. The van der Waals surface area contributed by atoms with Crippen molar-refractivity contribution in [3.63, 3.8) is 0 Å². The first-order valence-electron chi connectivity index (χ1n) is 7.32. The van der Waals surface area contributed by atoms with E-state index in [1.54, 1.807) is 11.3 Å². The van der Waals surface area contributed by atoms with Crippen LogP contribution in [0.1, 0.15) is 36.2 Å². The number of hydrogen-bond donors (Lipinski definition) is 1. The first-order valence-corrected chi connectivity index (χ1v) is 8.14. The number of carbonyl (C=O) groups is 1. The molecule has 0 radical (unpaired) electrons. The van der Waals surface area contributed by atoms with Crippen LogP contribution in [0.4, 0.5) is 0 Å². The third kappa shape index (κ3) is 3.40. The average molecular weight is 295 g/mol. The van der Waals surface area contributed by atoms with Gasteiger partial charge in [-0.1, -0.05) is 6.92 Å². The van der Waals surface area contributed by atoms with Gasteiger partial charge in [-0.15, -0.1) is 11.3 Å². The number of carbonyl (C=O) groups excluding carboxylic acids is 1. The maximum absolute atomic E-state index is 12.1. The van der Waals surface area contributed by atoms with E-state index in [-0.39, 0.29) is 12.1 Å². The second-order valence-electron chi connectivity index (χ2n) is 5.56. The summed E-state index contributed by atoms with van der Waals surface area (Å²) in [6.07, 6.45) is 1.20. The monoisotopic (exact) mass is 295 g/mol. The van der Waals surface area contributed by atoms with Gasteiger partial charge < -0.3 is 9.80 Å². The molecule has 1 fully saturated rings. The van der Waals surface area contributed by atoms with Crippen LogP contribution in [0.3, 0.4) is 0 Å². The standard InChI is InChI=1S/C15H25N3OS/c1-5-11(2)17(4)8-9-18-14(19)10-16-15(18)13-7-6-12(3)20-13/h6-7,11,15-16H,5,8-10H2,1-4H3. The van der Waals surface area contributed by atoms with Gasteiger partial charge in [0.2, 0.25) is 5.91 Å². The van der Waals surface area contributed by atoms with Crippen molar-refractivity contribution in [1.29, 1.82) is 0 Å². The Bertz CT molecular complexity index is 460. The first kappa shape index (κ1) is 15.5. The van der Waals surface area contributed by atoms with Crippen LogP contribution in [0.5, 0.6) is 0 Å². The molecule has 4 nitrogen and oxygen atoms in total. The number of amides is 1. The van der Waals surface area contributed by atoms with E-state index in [0.29, 0.717) is 12.6 Å². The molecule has 5 heteroatoms. The maximum atomic E-state index is 12.1. The molecule has 112 valence electrons. The SMILES string of the molecule is CCC(C)N(C)CCN1C(=O)CNC1c1ccc(C)s1. The van der Waals surface area contributed by atoms with E-state index in [1.807, 2.05) is 4.90 Å². The highest BCUT2D eigenvalue weighted by atomic mass is 32.1. The van der Waals surface area contributed by atoms with Crippen molar-refractivity contribution >= 4 is 17.2 Å². The lowest BCUT2D eigenvalue weighted by molar-refractivity contribution is -0.128. The molecule has 1 saturated heterocycles. The van der Waals surface area contributed by atoms with E-state index >= 15 is 0 Å². The minimum atomic E-state index is 0.0616. The van der Waals surface area contributed by atoms with Crippen LogP contribution in [-0.2, 0) is 4.79 Å². The summed E-state index contributed by atoms with van der Waals surface area (Å²) in [6, 6.07) is 4.80. The van der Waals surface area contributed by atoms with Crippen molar-refractivity contribution in [3.05, 3.63) is 21.9 Å². The van der Waals surface area contributed by atoms with Crippen molar-refractivity contribution in [3.8, 4) is 0 Å². The Balaban J connectivity index is 1.99. The molecule has 2 heterocycles. The molecule has 1 aromatic heterocycles. The van der Waals surface area contributed by atoms with Gasteiger partial charge >= 0.3 is 0 Å². The summed E-state index contributed by atoms with van der Waals surface area (Å²) >= 11 is 1.77. The van der Waals surface area contributed by atoms with E-state index in [1.165, 1.54) is 9.75 Å². The van der Waals surface area contributed by atoms with Crippen LogP contribution in [-0.4, -0.2) is 48.4 Å². The van der Waals surface area contributed by atoms with Crippen LogP contribution in [0.25, 0.3) is 0 Å².